The fourth-order valence-corrected chi connectivity index (χ4v) is 10.5. The molecule has 6 saturated heterocycles. The van der Waals surface area contributed by atoms with Crippen LogP contribution in [-0.4, -0.2) is 122 Å². The largest absolute Gasteiger partial charge is 0.479 e. The number of rotatable bonds is 10. The van der Waals surface area contributed by atoms with Gasteiger partial charge in [0.15, 0.2) is 17.2 Å². The van der Waals surface area contributed by atoms with Crippen molar-refractivity contribution in [2.24, 2.45) is 17.8 Å². The monoisotopic (exact) mass is 804 g/mol. The van der Waals surface area contributed by atoms with Crippen LogP contribution in [0.4, 0.5) is 0 Å². The molecule has 17 atom stereocenters. The zero-order valence-corrected chi connectivity index (χ0v) is 34.6. The summed E-state index contributed by atoms with van der Waals surface area (Å²) in [5, 5.41) is 54.0. The Balaban J connectivity index is 0.920. The molecule has 0 bridgehead atoms. The Bertz CT molecular complexity index is 1510. The maximum atomic E-state index is 11.6. The maximum Gasteiger partial charge on any atom is 0.335 e. The van der Waals surface area contributed by atoms with Gasteiger partial charge in [-0.05, 0) is 95.1 Å². The van der Waals surface area contributed by atoms with Gasteiger partial charge >= 0.3 is 5.97 Å². The Morgan fingerprint density at radius 2 is 1.75 bits per heavy atom. The van der Waals surface area contributed by atoms with Gasteiger partial charge in [-0.1, -0.05) is 45.1 Å². The van der Waals surface area contributed by atoms with Crippen molar-refractivity contribution in [2.75, 3.05) is 6.61 Å². The molecule has 0 aromatic carbocycles. The van der Waals surface area contributed by atoms with E-state index in [1.165, 1.54) is 6.92 Å². The quantitative estimate of drug-likeness (QED) is 0.182. The molecule has 13 heteroatoms. The highest BCUT2D eigenvalue weighted by atomic mass is 16.7. The van der Waals surface area contributed by atoms with E-state index in [4.69, 9.17) is 33.2 Å². The van der Waals surface area contributed by atoms with Crippen LogP contribution in [0.15, 0.2) is 36.0 Å². The fraction of sp³-hybridized carbons (Fsp3) is 0.841. The number of aliphatic hydroxyl groups excluding tert-OH is 3. The molecule has 0 aliphatic carbocycles. The Morgan fingerprint density at radius 1 is 1.00 bits per heavy atom. The lowest BCUT2D eigenvalue weighted by Gasteiger charge is -2.50. The van der Waals surface area contributed by atoms with E-state index in [9.17, 15) is 30.3 Å². The van der Waals surface area contributed by atoms with E-state index in [-0.39, 0.29) is 36.6 Å². The third kappa shape index (κ3) is 9.15. The van der Waals surface area contributed by atoms with E-state index < -0.39 is 71.7 Å². The zero-order chi connectivity index (χ0) is 40.9. The van der Waals surface area contributed by atoms with Crippen LogP contribution in [0.1, 0.15) is 125 Å². The van der Waals surface area contributed by atoms with Crippen LogP contribution in [0.3, 0.4) is 0 Å². The minimum absolute atomic E-state index is 0.0423. The first-order valence-electron chi connectivity index (χ1n) is 21.7. The van der Waals surface area contributed by atoms with Crippen molar-refractivity contribution in [1.82, 2.24) is 0 Å². The summed E-state index contributed by atoms with van der Waals surface area (Å²) in [6, 6.07) is 0. The van der Waals surface area contributed by atoms with Gasteiger partial charge < -0.3 is 58.7 Å². The summed E-state index contributed by atoms with van der Waals surface area (Å²) < 4.78 is 45.2. The van der Waals surface area contributed by atoms with Crippen molar-refractivity contribution < 1.29 is 63.5 Å². The summed E-state index contributed by atoms with van der Waals surface area (Å²) >= 11 is 0. The number of aliphatic hydroxyl groups is 4. The topological polar surface area (TPSA) is 183 Å². The van der Waals surface area contributed by atoms with E-state index in [0.717, 1.165) is 50.7 Å². The Labute approximate surface area is 337 Å². The van der Waals surface area contributed by atoms with Gasteiger partial charge in [-0.25, -0.2) is 4.79 Å². The first-order valence-corrected chi connectivity index (χ1v) is 21.7. The van der Waals surface area contributed by atoms with Crippen LogP contribution in [0, 0.1) is 17.8 Å². The molecule has 7 aliphatic heterocycles. The van der Waals surface area contributed by atoms with Crippen LogP contribution in [0.25, 0.3) is 0 Å². The normalized spacial score (nSPS) is 45.4. The van der Waals surface area contributed by atoms with Crippen LogP contribution in [-0.2, 0) is 38.0 Å². The smallest absolute Gasteiger partial charge is 0.335 e. The molecule has 0 aromatic heterocycles. The predicted octanol–water partition coefficient (Wildman–Crippen LogP) is 5.21. The number of aliphatic carboxylic acids is 1. The molecule has 5 N–H and O–H groups in total. The van der Waals surface area contributed by atoms with Crippen molar-refractivity contribution in [1.29, 1.82) is 0 Å². The molecule has 7 rings (SSSR count). The molecule has 13 nitrogen and oxygen atoms in total. The van der Waals surface area contributed by atoms with Gasteiger partial charge in [0.2, 0.25) is 5.79 Å². The van der Waals surface area contributed by atoms with E-state index in [1.54, 1.807) is 6.08 Å². The van der Waals surface area contributed by atoms with Gasteiger partial charge in [0.1, 0.15) is 24.4 Å². The molecule has 0 amide bonds. The highest BCUT2D eigenvalue weighted by Gasteiger charge is 2.55. The summed E-state index contributed by atoms with van der Waals surface area (Å²) in [4.78, 5) is 11.6. The average molecular weight is 805 g/mol. The molecule has 7 heterocycles. The zero-order valence-electron chi connectivity index (χ0n) is 34.6. The minimum Gasteiger partial charge on any atom is -0.479 e. The molecule has 9 unspecified atom stereocenters. The van der Waals surface area contributed by atoms with Crippen LogP contribution in [0.2, 0.25) is 0 Å². The second-order valence-electron chi connectivity index (χ2n) is 18.9. The molecule has 57 heavy (non-hydrogen) atoms. The molecule has 322 valence electrons. The lowest BCUT2D eigenvalue weighted by atomic mass is 9.79. The highest BCUT2D eigenvalue weighted by Crippen LogP contribution is 2.47. The van der Waals surface area contributed by atoms with Crippen molar-refractivity contribution in [3.63, 3.8) is 0 Å². The number of hydrogen-bond acceptors (Lipinski definition) is 12. The maximum absolute atomic E-state index is 11.6. The van der Waals surface area contributed by atoms with E-state index >= 15 is 0 Å². The molecule has 0 radical (unpaired) electrons. The fourth-order valence-electron chi connectivity index (χ4n) is 10.5. The SMILES string of the molecule is C=C1C(O)[C@@H]2O[C@]3(CC[C@H](/C=C/C(C)[C@@H]4CC(C)=CC5(O[C@H](CC(C)(O)C(=O)O)CCC5O)O4)O3)CC[C@H]2O[C@@H]1C(O)CC(C)[C@H]1OC2(CCCCO2)CCC1C. The molecule has 6 fully saturated rings. The van der Waals surface area contributed by atoms with Crippen LogP contribution in [0.5, 0.6) is 0 Å². The van der Waals surface area contributed by atoms with E-state index in [2.05, 4.69) is 26.5 Å². The van der Waals surface area contributed by atoms with Gasteiger partial charge in [-0.3, -0.25) is 0 Å². The van der Waals surface area contributed by atoms with Crippen molar-refractivity contribution in [3.8, 4) is 0 Å². The van der Waals surface area contributed by atoms with Gasteiger partial charge in [-0.2, -0.15) is 0 Å². The molecule has 7 aliphatic rings. The van der Waals surface area contributed by atoms with Gasteiger partial charge in [0.05, 0.1) is 43.2 Å². The number of hydrogen-bond donors (Lipinski definition) is 5. The summed E-state index contributed by atoms with van der Waals surface area (Å²) in [5.74, 6) is -3.82. The number of ether oxygens (including phenoxy) is 7. The Hall–Kier alpha value is -1.75. The summed E-state index contributed by atoms with van der Waals surface area (Å²) in [6.45, 7) is 14.5. The number of carboxylic acids is 1. The van der Waals surface area contributed by atoms with E-state index in [0.29, 0.717) is 56.4 Å². The van der Waals surface area contributed by atoms with Crippen molar-refractivity contribution in [2.45, 2.75) is 209 Å². The lowest BCUT2D eigenvalue weighted by Crippen LogP contribution is -2.60. The van der Waals surface area contributed by atoms with Crippen LogP contribution < -0.4 is 0 Å². The van der Waals surface area contributed by atoms with Crippen LogP contribution >= 0.6 is 0 Å². The van der Waals surface area contributed by atoms with Gasteiger partial charge in [0, 0.05) is 38.0 Å². The number of carbonyl (C=O) groups is 1. The first-order chi connectivity index (χ1) is 26.9. The predicted molar refractivity (Wildman–Crippen MR) is 208 cm³/mol. The summed E-state index contributed by atoms with van der Waals surface area (Å²) in [5.41, 5.74) is -0.551. The third-order valence-corrected chi connectivity index (χ3v) is 14.0. The molecule has 0 saturated carbocycles. The Kier molecular flexibility index (Phi) is 12.9. The molecular formula is C44H68O13. The third-order valence-electron chi connectivity index (χ3n) is 14.0. The molecular weight excluding hydrogens is 736 g/mol. The Morgan fingerprint density at radius 3 is 2.49 bits per heavy atom. The molecule has 3 spiro atoms. The summed E-state index contributed by atoms with van der Waals surface area (Å²) in [7, 11) is 0. The van der Waals surface area contributed by atoms with Crippen molar-refractivity contribution >= 4 is 5.97 Å². The van der Waals surface area contributed by atoms with Gasteiger partial charge in [-0.15, -0.1) is 0 Å². The number of carboxylic acid groups (broad SMARTS) is 1. The van der Waals surface area contributed by atoms with E-state index in [1.807, 2.05) is 19.9 Å². The first kappa shape index (κ1) is 43.3. The minimum atomic E-state index is -1.96. The highest BCUT2D eigenvalue weighted by molar-refractivity contribution is 5.76. The molecule has 0 aromatic rings. The lowest BCUT2D eigenvalue weighted by molar-refractivity contribution is -0.321. The second-order valence-corrected chi connectivity index (χ2v) is 18.9. The van der Waals surface area contributed by atoms with Gasteiger partial charge in [0.25, 0.3) is 0 Å². The average Bonchev–Trinajstić information content (AvgIpc) is 3.56. The second kappa shape index (κ2) is 17.0. The standard InChI is InChI=1S/C44H68O13/c1-25-21-34(55-44(23-25)35(46)12-11-31(54-44)24-41(6,50)40(48)49)26(2)9-10-30-14-18-43(53-30)19-15-33-39(57-43)36(47)29(5)38(52-33)32(45)22-28(4)37-27(3)13-17-42(56-37)16-7-8-20-51-42/h9-10,23,26-28,30-39,45-47,50H,5,7-8,11-22,24H2,1-4,6H3,(H,48,49)/b10-9+/t26?,27?,28?,30-,31-,32?,33+,34-,35?,36?,37-,38-,39+,41?,42?,43+,44?/m0/s1. The van der Waals surface area contributed by atoms with Crippen molar-refractivity contribution in [3.05, 3.63) is 36.0 Å². The summed E-state index contributed by atoms with van der Waals surface area (Å²) in [6.07, 6.45) is 9.37. The number of fused-ring (bicyclic) bond motifs is 1.